The summed E-state index contributed by atoms with van der Waals surface area (Å²) in [5, 5.41) is 3.92. The number of thioether (sulfide) groups is 1. The smallest absolute Gasteiger partial charge is 0.170 e. The van der Waals surface area contributed by atoms with E-state index in [4.69, 9.17) is 0 Å². The maximum atomic E-state index is 14.7. The molecule has 5 heteroatoms. The number of anilines is 1. The third-order valence-electron chi connectivity index (χ3n) is 3.65. The van der Waals surface area contributed by atoms with Crippen molar-refractivity contribution in [2.75, 3.05) is 23.7 Å². The van der Waals surface area contributed by atoms with Crippen molar-refractivity contribution in [3.63, 3.8) is 0 Å². The summed E-state index contributed by atoms with van der Waals surface area (Å²) in [7, 11) is 0. The molecule has 1 aromatic heterocycles. The first kappa shape index (κ1) is 16.6. The van der Waals surface area contributed by atoms with Crippen LogP contribution in [0.15, 0.2) is 12.3 Å². The lowest BCUT2D eigenvalue weighted by Gasteiger charge is -2.33. The van der Waals surface area contributed by atoms with Gasteiger partial charge in [0.25, 0.3) is 0 Å². The number of pyridine rings is 1. The van der Waals surface area contributed by atoms with Gasteiger partial charge in [0.05, 0.1) is 0 Å². The van der Waals surface area contributed by atoms with Crippen molar-refractivity contribution >= 4 is 17.6 Å². The Hall–Kier alpha value is -0.810. The summed E-state index contributed by atoms with van der Waals surface area (Å²) in [5.74, 6) is 1.39. The Balaban J connectivity index is 2.13. The molecule has 118 valence electrons. The summed E-state index contributed by atoms with van der Waals surface area (Å²) in [6.45, 7) is 10.7. The zero-order valence-corrected chi connectivity index (χ0v) is 14.3. The lowest BCUT2D eigenvalue weighted by molar-refractivity contribution is 0.418. The van der Waals surface area contributed by atoms with E-state index in [1.807, 2.05) is 11.8 Å². The van der Waals surface area contributed by atoms with E-state index in [9.17, 15) is 4.39 Å². The maximum absolute atomic E-state index is 14.7. The number of rotatable bonds is 4. The molecule has 2 rings (SSSR count). The van der Waals surface area contributed by atoms with Gasteiger partial charge in [0, 0.05) is 47.9 Å². The molecule has 0 bridgehead atoms. The predicted molar refractivity (Wildman–Crippen MR) is 89.5 cm³/mol. The van der Waals surface area contributed by atoms with Gasteiger partial charge in [0.2, 0.25) is 0 Å². The van der Waals surface area contributed by atoms with Gasteiger partial charge in [-0.1, -0.05) is 6.92 Å². The molecule has 1 aromatic rings. The minimum atomic E-state index is -0.170. The number of hydrogen-bond acceptors (Lipinski definition) is 4. The number of nitrogens with one attached hydrogen (secondary N) is 1. The molecule has 3 nitrogen and oxygen atoms in total. The molecule has 0 radical (unpaired) electrons. The minimum absolute atomic E-state index is 0.0229. The summed E-state index contributed by atoms with van der Waals surface area (Å²) in [6, 6.07) is 1.77. The molecule has 0 aromatic carbocycles. The van der Waals surface area contributed by atoms with Crippen LogP contribution >= 0.6 is 11.8 Å². The molecular formula is C16H26FN3S. The Morgan fingerprint density at radius 2 is 2.24 bits per heavy atom. The average molecular weight is 311 g/mol. The largest absolute Gasteiger partial charge is 0.352 e. The van der Waals surface area contributed by atoms with Crippen LogP contribution in [0.2, 0.25) is 0 Å². The van der Waals surface area contributed by atoms with Crippen LogP contribution in [0.3, 0.4) is 0 Å². The van der Waals surface area contributed by atoms with Gasteiger partial charge in [-0.3, -0.25) is 0 Å². The molecule has 1 fully saturated rings. The second kappa shape index (κ2) is 6.97. The molecule has 0 amide bonds. The van der Waals surface area contributed by atoms with Crippen molar-refractivity contribution in [1.29, 1.82) is 0 Å². The lowest BCUT2D eigenvalue weighted by Crippen LogP contribution is -2.39. The van der Waals surface area contributed by atoms with Crippen molar-refractivity contribution in [2.45, 2.75) is 51.4 Å². The zero-order chi connectivity index (χ0) is 15.5. The second-order valence-electron chi connectivity index (χ2n) is 6.56. The fraction of sp³-hybridized carbons (Fsp3) is 0.688. The fourth-order valence-corrected chi connectivity index (χ4v) is 3.53. The number of hydrogen-bond donors (Lipinski definition) is 1. The number of nitrogens with zero attached hydrogens (tertiary/aromatic N) is 2. The highest BCUT2D eigenvalue weighted by Gasteiger charge is 2.23. The second-order valence-corrected chi connectivity index (χ2v) is 7.97. The van der Waals surface area contributed by atoms with Crippen LogP contribution in [-0.2, 0) is 6.54 Å². The van der Waals surface area contributed by atoms with Gasteiger partial charge in [0.1, 0.15) is 0 Å². The summed E-state index contributed by atoms with van der Waals surface area (Å²) >= 11 is 1.98. The predicted octanol–water partition coefficient (Wildman–Crippen LogP) is 3.44. The Morgan fingerprint density at radius 3 is 2.90 bits per heavy atom. The van der Waals surface area contributed by atoms with E-state index in [0.29, 0.717) is 23.2 Å². The molecule has 1 N–H and O–H groups in total. The quantitative estimate of drug-likeness (QED) is 0.922. The molecule has 1 unspecified atom stereocenters. The van der Waals surface area contributed by atoms with Gasteiger partial charge in [-0.2, -0.15) is 11.8 Å². The molecule has 1 aliphatic heterocycles. The first-order valence-corrected chi connectivity index (χ1v) is 8.70. The summed E-state index contributed by atoms with van der Waals surface area (Å²) in [6.07, 6.45) is 2.84. The third-order valence-corrected chi connectivity index (χ3v) is 5.03. The highest BCUT2D eigenvalue weighted by atomic mass is 32.2. The topological polar surface area (TPSA) is 28.2 Å². The standard InChI is InChI=1S/C16H26FN3S/c1-5-13-11-20(8-9-21-13)15-14(17)12(6-7-18-15)10-19-16(2,3)4/h6-7,13,19H,5,8-11H2,1-4H3. The Labute approximate surface area is 131 Å². The summed E-state index contributed by atoms with van der Waals surface area (Å²) < 4.78 is 14.7. The van der Waals surface area contributed by atoms with Crippen LogP contribution in [0.1, 0.15) is 39.7 Å². The monoisotopic (exact) mass is 311 g/mol. The van der Waals surface area contributed by atoms with Crippen molar-refractivity contribution < 1.29 is 4.39 Å². The molecule has 21 heavy (non-hydrogen) atoms. The molecule has 0 spiro atoms. The van der Waals surface area contributed by atoms with Gasteiger partial charge < -0.3 is 10.2 Å². The van der Waals surface area contributed by atoms with E-state index in [1.165, 1.54) is 0 Å². The zero-order valence-electron chi connectivity index (χ0n) is 13.4. The van der Waals surface area contributed by atoms with E-state index in [1.54, 1.807) is 12.3 Å². The molecule has 1 saturated heterocycles. The highest BCUT2D eigenvalue weighted by molar-refractivity contribution is 8.00. The maximum Gasteiger partial charge on any atom is 0.170 e. The van der Waals surface area contributed by atoms with Crippen molar-refractivity contribution in [2.24, 2.45) is 0 Å². The third kappa shape index (κ3) is 4.58. The first-order chi connectivity index (χ1) is 9.90. The molecule has 1 aliphatic rings. The number of halogens is 1. The fourth-order valence-electron chi connectivity index (χ4n) is 2.35. The van der Waals surface area contributed by atoms with E-state index < -0.39 is 0 Å². The van der Waals surface area contributed by atoms with Crippen LogP contribution < -0.4 is 10.2 Å². The van der Waals surface area contributed by atoms with Gasteiger partial charge >= 0.3 is 0 Å². The summed E-state index contributed by atoms with van der Waals surface area (Å²) in [4.78, 5) is 6.39. The molecular weight excluding hydrogens is 285 g/mol. The SMILES string of the molecule is CCC1CN(c2nccc(CNC(C)(C)C)c2F)CCS1. The van der Waals surface area contributed by atoms with E-state index >= 15 is 0 Å². The van der Waals surface area contributed by atoms with Crippen LogP contribution in [0.25, 0.3) is 0 Å². The van der Waals surface area contributed by atoms with Gasteiger partial charge in [-0.05, 0) is 33.3 Å². The minimum Gasteiger partial charge on any atom is -0.352 e. The number of aromatic nitrogens is 1. The van der Waals surface area contributed by atoms with Crippen molar-refractivity contribution in [3.8, 4) is 0 Å². The summed E-state index contributed by atoms with van der Waals surface area (Å²) in [5.41, 5.74) is 0.673. The van der Waals surface area contributed by atoms with Crippen molar-refractivity contribution in [1.82, 2.24) is 10.3 Å². The van der Waals surface area contributed by atoms with Gasteiger partial charge in [0.15, 0.2) is 11.6 Å². The van der Waals surface area contributed by atoms with E-state index in [2.05, 4.69) is 42.9 Å². The van der Waals surface area contributed by atoms with Crippen LogP contribution in [0, 0.1) is 5.82 Å². The van der Waals surface area contributed by atoms with Crippen LogP contribution in [0.4, 0.5) is 10.2 Å². The van der Waals surface area contributed by atoms with Crippen LogP contribution in [0.5, 0.6) is 0 Å². The highest BCUT2D eigenvalue weighted by Crippen LogP contribution is 2.27. The van der Waals surface area contributed by atoms with Crippen molar-refractivity contribution in [3.05, 3.63) is 23.6 Å². The molecule has 1 atom stereocenters. The first-order valence-electron chi connectivity index (χ1n) is 7.65. The average Bonchev–Trinajstić information content (AvgIpc) is 2.45. The Bertz CT molecular complexity index is 473. The molecule has 2 heterocycles. The Kier molecular flexibility index (Phi) is 5.49. The van der Waals surface area contributed by atoms with E-state index in [-0.39, 0.29) is 11.4 Å². The molecule has 0 saturated carbocycles. The van der Waals surface area contributed by atoms with E-state index in [0.717, 1.165) is 25.3 Å². The van der Waals surface area contributed by atoms with Crippen LogP contribution in [-0.4, -0.2) is 34.6 Å². The Morgan fingerprint density at radius 1 is 1.48 bits per heavy atom. The normalized spacial score (nSPS) is 19.9. The molecule has 0 aliphatic carbocycles. The van der Waals surface area contributed by atoms with Gasteiger partial charge in [-0.25, -0.2) is 9.37 Å². The lowest BCUT2D eigenvalue weighted by atomic mass is 10.1. The van der Waals surface area contributed by atoms with Gasteiger partial charge in [-0.15, -0.1) is 0 Å².